The number of carboxylic acids is 1. The molecule has 11 heteroatoms. The third-order valence-electron chi connectivity index (χ3n) is 5.51. The van der Waals surface area contributed by atoms with Crippen molar-refractivity contribution in [3.05, 3.63) is 54.1 Å². The summed E-state index contributed by atoms with van der Waals surface area (Å²) in [6.45, 7) is 3.39. The number of aromatic amines is 1. The van der Waals surface area contributed by atoms with Gasteiger partial charge in [-0.15, -0.1) is 0 Å². The minimum atomic E-state index is -1.23. The molecular weight excluding hydrogens is 440 g/mol. The van der Waals surface area contributed by atoms with Crippen LogP contribution in [0.5, 0.6) is 0 Å². The number of H-pyrrole nitrogens is 1. The number of aromatic nitrogens is 2. The maximum absolute atomic E-state index is 13.0. The lowest BCUT2D eigenvalue weighted by atomic mass is 9.99. The molecule has 0 aliphatic heterocycles. The molecule has 11 nitrogen and oxygen atoms in total. The van der Waals surface area contributed by atoms with Gasteiger partial charge in [-0.25, -0.2) is 9.78 Å². The van der Waals surface area contributed by atoms with Gasteiger partial charge in [-0.1, -0.05) is 50.6 Å². The van der Waals surface area contributed by atoms with Gasteiger partial charge in [-0.3, -0.25) is 14.4 Å². The van der Waals surface area contributed by atoms with Crippen molar-refractivity contribution in [2.75, 3.05) is 6.54 Å². The summed E-state index contributed by atoms with van der Waals surface area (Å²) >= 11 is 0. The SMILES string of the molecule is CCC(C)C(N)C(=O)NCC(=O)NC(Cc1ccccc1)C(=O)NC(Cc1cnc[nH]1)C(=O)O. The van der Waals surface area contributed by atoms with Gasteiger partial charge in [-0.2, -0.15) is 0 Å². The highest BCUT2D eigenvalue weighted by Gasteiger charge is 2.28. The van der Waals surface area contributed by atoms with Crippen LogP contribution in [-0.2, 0) is 32.0 Å². The van der Waals surface area contributed by atoms with Crippen LogP contribution in [0.2, 0.25) is 0 Å². The molecule has 0 fully saturated rings. The zero-order valence-electron chi connectivity index (χ0n) is 19.3. The van der Waals surface area contributed by atoms with Crippen molar-refractivity contribution < 1.29 is 24.3 Å². The quantitative estimate of drug-likeness (QED) is 0.232. The van der Waals surface area contributed by atoms with E-state index in [1.54, 1.807) is 24.3 Å². The number of hydrogen-bond donors (Lipinski definition) is 6. The number of carboxylic acid groups (broad SMARTS) is 1. The predicted octanol–water partition coefficient (Wildman–Crippen LogP) is -0.261. The number of nitrogens with one attached hydrogen (secondary N) is 4. The van der Waals surface area contributed by atoms with Crippen LogP contribution in [0, 0.1) is 5.92 Å². The van der Waals surface area contributed by atoms with Crippen LogP contribution in [0.4, 0.5) is 0 Å². The summed E-state index contributed by atoms with van der Waals surface area (Å²) in [6.07, 6.45) is 3.73. The Balaban J connectivity index is 2.06. The summed E-state index contributed by atoms with van der Waals surface area (Å²) < 4.78 is 0. The molecule has 0 saturated carbocycles. The van der Waals surface area contributed by atoms with Gasteiger partial charge in [0.1, 0.15) is 12.1 Å². The smallest absolute Gasteiger partial charge is 0.326 e. The molecule has 0 aliphatic rings. The highest BCUT2D eigenvalue weighted by atomic mass is 16.4. The first-order valence-electron chi connectivity index (χ1n) is 11.1. The fourth-order valence-electron chi connectivity index (χ4n) is 3.19. The average Bonchev–Trinajstić information content (AvgIpc) is 3.34. The van der Waals surface area contributed by atoms with Crippen molar-refractivity contribution in [1.82, 2.24) is 25.9 Å². The molecule has 0 aliphatic carbocycles. The number of amides is 3. The molecule has 0 bridgehead atoms. The molecule has 1 aromatic heterocycles. The number of rotatable bonds is 13. The van der Waals surface area contributed by atoms with Crippen molar-refractivity contribution in [3.8, 4) is 0 Å². The van der Waals surface area contributed by atoms with E-state index in [-0.39, 0.29) is 25.3 Å². The molecule has 4 atom stereocenters. The lowest BCUT2D eigenvalue weighted by Crippen LogP contribution is -2.55. The summed E-state index contributed by atoms with van der Waals surface area (Å²) in [5.41, 5.74) is 7.19. The minimum Gasteiger partial charge on any atom is -0.480 e. The Hall–Kier alpha value is -3.73. The number of nitrogens with two attached hydrogens (primary N) is 1. The number of benzene rings is 1. The molecule has 0 spiro atoms. The van der Waals surface area contributed by atoms with E-state index in [9.17, 15) is 24.3 Å². The lowest BCUT2D eigenvalue weighted by molar-refractivity contribution is -0.142. The maximum Gasteiger partial charge on any atom is 0.326 e. The van der Waals surface area contributed by atoms with Gasteiger partial charge in [0.2, 0.25) is 17.7 Å². The number of nitrogens with zero attached hydrogens (tertiary/aromatic N) is 1. The summed E-state index contributed by atoms with van der Waals surface area (Å²) in [6, 6.07) is 5.95. The van der Waals surface area contributed by atoms with E-state index >= 15 is 0 Å². The molecule has 1 heterocycles. The fourth-order valence-corrected chi connectivity index (χ4v) is 3.19. The van der Waals surface area contributed by atoms with E-state index in [4.69, 9.17) is 5.73 Å². The van der Waals surface area contributed by atoms with Crippen LogP contribution < -0.4 is 21.7 Å². The summed E-state index contributed by atoms with van der Waals surface area (Å²) in [5.74, 6) is -2.99. The van der Waals surface area contributed by atoms with Crippen LogP contribution in [0.25, 0.3) is 0 Å². The molecule has 3 amide bonds. The average molecular weight is 473 g/mol. The first-order chi connectivity index (χ1) is 16.2. The second kappa shape index (κ2) is 13.1. The Bertz CT molecular complexity index is 950. The third kappa shape index (κ3) is 8.32. The lowest BCUT2D eigenvalue weighted by Gasteiger charge is -2.22. The second-order valence-corrected chi connectivity index (χ2v) is 8.12. The van der Waals surface area contributed by atoms with Crippen LogP contribution in [0.15, 0.2) is 42.9 Å². The number of carbonyl (C=O) groups is 4. The van der Waals surface area contributed by atoms with E-state index in [1.807, 2.05) is 19.9 Å². The van der Waals surface area contributed by atoms with Gasteiger partial charge in [-0.05, 0) is 11.5 Å². The highest BCUT2D eigenvalue weighted by Crippen LogP contribution is 2.07. The zero-order valence-corrected chi connectivity index (χ0v) is 19.3. The van der Waals surface area contributed by atoms with Crippen molar-refractivity contribution in [2.24, 2.45) is 11.7 Å². The number of hydrogen-bond acceptors (Lipinski definition) is 6. The van der Waals surface area contributed by atoms with E-state index in [2.05, 4.69) is 25.9 Å². The first kappa shape index (κ1) is 26.5. The van der Waals surface area contributed by atoms with Crippen molar-refractivity contribution in [3.63, 3.8) is 0 Å². The molecule has 34 heavy (non-hydrogen) atoms. The first-order valence-corrected chi connectivity index (χ1v) is 11.1. The standard InChI is InChI=1S/C23H32N6O5/c1-3-14(2)20(24)22(32)26-12-19(30)28-17(9-15-7-5-4-6-8-15)21(31)29-18(23(33)34)10-16-11-25-13-27-16/h4-8,11,13-14,17-18,20H,3,9-10,12,24H2,1-2H3,(H,25,27)(H,26,32)(H,28,30)(H,29,31)(H,33,34). The number of carbonyl (C=O) groups excluding carboxylic acids is 3. The van der Waals surface area contributed by atoms with Crippen LogP contribution in [0.3, 0.4) is 0 Å². The Morgan fingerprint density at radius 3 is 2.35 bits per heavy atom. The monoisotopic (exact) mass is 472 g/mol. The van der Waals surface area contributed by atoms with Crippen molar-refractivity contribution >= 4 is 23.7 Å². The molecule has 4 unspecified atom stereocenters. The molecule has 1 aromatic carbocycles. The van der Waals surface area contributed by atoms with Gasteiger partial charge in [0.25, 0.3) is 0 Å². The third-order valence-corrected chi connectivity index (χ3v) is 5.51. The van der Waals surface area contributed by atoms with E-state index in [1.165, 1.54) is 12.5 Å². The van der Waals surface area contributed by atoms with Gasteiger partial charge in [0, 0.05) is 24.7 Å². The number of imidazole rings is 1. The van der Waals surface area contributed by atoms with Crippen molar-refractivity contribution in [1.29, 1.82) is 0 Å². The Morgan fingerprint density at radius 1 is 1.06 bits per heavy atom. The topological polar surface area (TPSA) is 179 Å². The molecule has 184 valence electrons. The van der Waals surface area contributed by atoms with Gasteiger partial charge in [0.05, 0.1) is 18.9 Å². The van der Waals surface area contributed by atoms with Crippen LogP contribution in [-0.4, -0.2) is 63.4 Å². The Morgan fingerprint density at radius 2 is 1.76 bits per heavy atom. The normalized spacial score (nSPS) is 14.3. The van der Waals surface area contributed by atoms with Gasteiger partial charge < -0.3 is 31.8 Å². The molecule has 0 saturated heterocycles. The van der Waals surface area contributed by atoms with E-state index in [0.717, 1.165) is 5.56 Å². The van der Waals surface area contributed by atoms with Crippen LogP contribution in [0.1, 0.15) is 31.5 Å². The minimum absolute atomic E-state index is 0.00334. The van der Waals surface area contributed by atoms with Gasteiger partial charge >= 0.3 is 5.97 Å². The molecule has 2 rings (SSSR count). The molecule has 0 radical (unpaired) electrons. The predicted molar refractivity (Wildman–Crippen MR) is 124 cm³/mol. The van der Waals surface area contributed by atoms with Crippen LogP contribution >= 0.6 is 0 Å². The molecule has 2 aromatic rings. The van der Waals surface area contributed by atoms with Gasteiger partial charge in [0.15, 0.2) is 0 Å². The molecule has 7 N–H and O–H groups in total. The maximum atomic E-state index is 13.0. The zero-order chi connectivity index (χ0) is 25.1. The number of aliphatic carboxylic acids is 1. The van der Waals surface area contributed by atoms with E-state index < -0.39 is 41.8 Å². The highest BCUT2D eigenvalue weighted by molar-refractivity contribution is 5.92. The molecular formula is C23H32N6O5. The Kier molecular flexibility index (Phi) is 10.2. The summed E-state index contributed by atoms with van der Waals surface area (Å²) in [7, 11) is 0. The van der Waals surface area contributed by atoms with E-state index in [0.29, 0.717) is 12.1 Å². The Labute approximate surface area is 197 Å². The largest absolute Gasteiger partial charge is 0.480 e. The second-order valence-electron chi connectivity index (χ2n) is 8.12. The summed E-state index contributed by atoms with van der Waals surface area (Å²) in [5, 5.41) is 17.1. The van der Waals surface area contributed by atoms with Crippen molar-refractivity contribution in [2.45, 2.75) is 51.2 Å². The fraction of sp³-hybridized carbons (Fsp3) is 0.435. The summed E-state index contributed by atoms with van der Waals surface area (Å²) in [4.78, 5) is 56.0.